The molecular formula is C11H17N3OS. The molecule has 0 aliphatic carbocycles. The third kappa shape index (κ3) is 3.27. The van der Waals surface area contributed by atoms with Crippen molar-refractivity contribution in [2.75, 3.05) is 18.8 Å². The van der Waals surface area contributed by atoms with Crippen LogP contribution in [0.1, 0.15) is 25.7 Å². The van der Waals surface area contributed by atoms with E-state index >= 15 is 0 Å². The molecule has 1 aromatic rings. The summed E-state index contributed by atoms with van der Waals surface area (Å²) < 4.78 is 0. The van der Waals surface area contributed by atoms with Crippen LogP contribution in [0.5, 0.6) is 0 Å². The van der Waals surface area contributed by atoms with Gasteiger partial charge in [0.05, 0.1) is 5.75 Å². The van der Waals surface area contributed by atoms with Gasteiger partial charge in [-0.25, -0.2) is 4.98 Å². The molecule has 0 spiro atoms. The lowest BCUT2D eigenvalue weighted by atomic mass is 10.2. The molecule has 2 heterocycles. The first-order chi connectivity index (χ1) is 7.86. The first-order valence-corrected chi connectivity index (χ1v) is 6.75. The van der Waals surface area contributed by atoms with E-state index in [1.54, 1.807) is 12.4 Å². The highest BCUT2D eigenvalue weighted by molar-refractivity contribution is 7.99. The number of nitrogens with zero attached hydrogens (tertiary/aromatic N) is 2. The predicted molar refractivity (Wildman–Crippen MR) is 64.4 cm³/mol. The molecule has 2 rings (SSSR count). The van der Waals surface area contributed by atoms with Gasteiger partial charge in [0.1, 0.15) is 0 Å². The number of carbonyl (C=O) groups excluding carboxylic acids is 1. The summed E-state index contributed by atoms with van der Waals surface area (Å²) in [4.78, 5) is 21.0. The maximum absolute atomic E-state index is 11.9. The predicted octanol–water partition coefficient (Wildman–Crippen LogP) is 1.90. The van der Waals surface area contributed by atoms with Crippen LogP contribution in [0.4, 0.5) is 0 Å². The van der Waals surface area contributed by atoms with E-state index in [2.05, 4.69) is 9.97 Å². The first kappa shape index (κ1) is 11.5. The van der Waals surface area contributed by atoms with Gasteiger partial charge >= 0.3 is 0 Å². The van der Waals surface area contributed by atoms with Gasteiger partial charge in [0, 0.05) is 25.5 Å². The number of likely N-dealkylation sites (tertiary alicyclic amines) is 1. The van der Waals surface area contributed by atoms with Crippen molar-refractivity contribution in [1.82, 2.24) is 14.9 Å². The minimum atomic E-state index is 0.239. The molecule has 1 aromatic heterocycles. The maximum atomic E-state index is 11.9. The zero-order chi connectivity index (χ0) is 11.2. The summed E-state index contributed by atoms with van der Waals surface area (Å²) in [7, 11) is 0. The van der Waals surface area contributed by atoms with Gasteiger partial charge in [0.15, 0.2) is 5.16 Å². The highest BCUT2D eigenvalue weighted by atomic mass is 32.2. The Bertz CT molecular complexity index is 318. The van der Waals surface area contributed by atoms with Crippen molar-refractivity contribution in [3.05, 3.63) is 12.4 Å². The molecule has 1 saturated heterocycles. The van der Waals surface area contributed by atoms with Gasteiger partial charge in [-0.1, -0.05) is 24.6 Å². The number of carbonyl (C=O) groups is 1. The quantitative estimate of drug-likeness (QED) is 0.820. The topological polar surface area (TPSA) is 49.0 Å². The molecule has 1 fully saturated rings. The number of hydrogen-bond donors (Lipinski definition) is 1. The van der Waals surface area contributed by atoms with E-state index in [4.69, 9.17) is 0 Å². The summed E-state index contributed by atoms with van der Waals surface area (Å²) in [5.74, 6) is 0.733. The van der Waals surface area contributed by atoms with Crippen LogP contribution in [0.2, 0.25) is 0 Å². The van der Waals surface area contributed by atoms with Crippen LogP contribution in [0, 0.1) is 0 Å². The average Bonchev–Trinajstić information content (AvgIpc) is 2.66. The summed E-state index contributed by atoms with van der Waals surface area (Å²) in [5, 5.41) is 0.822. The van der Waals surface area contributed by atoms with Crippen molar-refractivity contribution < 1.29 is 4.79 Å². The Balaban J connectivity index is 1.78. The van der Waals surface area contributed by atoms with Crippen molar-refractivity contribution >= 4 is 17.7 Å². The summed E-state index contributed by atoms with van der Waals surface area (Å²) in [6.07, 6.45) is 8.30. The monoisotopic (exact) mass is 239 g/mol. The van der Waals surface area contributed by atoms with Crippen LogP contribution in [0.3, 0.4) is 0 Å². The van der Waals surface area contributed by atoms with Crippen LogP contribution in [0.25, 0.3) is 0 Å². The van der Waals surface area contributed by atoms with E-state index in [9.17, 15) is 4.79 Å². The fraction of sp³-hybridized carbons (Fsp3) is 0.636. The van der Waals surface area contributed by atoms with E-state index < -0.39 is 0 Å². The fourth-order valence-corrected chi connectivity index (χ4v) is 2.60. The summed E-state index contributed by atoms with van der Waals surface area (Å²) in [5.41, 5.74) is 0. The molecule has 0 bridgehead atoms. The number of rotatable bonds is 3. The number of H-pyrrole nitrogens is 1. The molecule has 1 N–H and O–H groups in total. The van der Waals surface area contributed by atoms with E-state index in [0.717, 1.165) is 31.1 Å². The van der Waals surface area contributed by atoms with Gasteiger partial charge in [0.2, 0.25) is 5.91 Å². The first-order valence-electron chi connectivity index (χ1n) is 5.76. The summed E-state index contributed by atoms with van der Waals surface area (Å²) in [6, 6.07) is 0. The molecule has 1 aliphatic rings. The van der Waals surface area contributed by atoms with Gasteiger partial charge in [0.25, 0.3) is 0 Å². The second-order valence-electron chi connectivity index (χ2n) is 3.98. The minimum Gasteiger partial charge on any atom is -0.342 e. The van der Waals surface area contributed by atoms with Crippen LogP contribution in [0.15, 0.2) is 17.6 Å². The van der Waals surface area contributed by atoms with Gasteiger partial charge in [-0.05, 0) is 12.8 Å². The molecular weight excluding hydrogens is 222 g/mol. The Kier molecular flexibility index (Phi) is 4.27. The van der Waals surface area contributed by atoms with Crippen molar-refractivity contribution in [3.8, 4) is 0 Å². The maximum Gasteiger partial charge on any atom is 0.233 e. The van der Waals surface area contributed by atoms with E-state index in [1.807, 2.05) is 4.90 Å². The second kappa shape index (κ2) is 5.94. The molecule has 16 heavy (non-hydrogen) atoms. The lowest BCUT2D eigenvalue weighted by Crippen LogP contribution is -2.33. The highest BCUT2D eigenvalue weighted by Crippen LogP contribution is 2.15. The van der Waals surface area contributed by atoms with Crippen molar-refractivity contribution in [2.24, 2.45) is 0 Å². The SMILES string of the molecule is O=C(CSc1ncc[nH]1)N1CCCCCC1. The van der Waals surface area contributed by atoms with Crippen LogP contribution in [-0.4, -0.2) is 39.6 Å². The normalized spacial score (nSPS) is 17.1. The highest BCUT2D eigenvalue weighted by Gasteiger charge is 2.15. The van der Waals surface area contributed by atoms with Gasteiger partial charge in [-0.2, -0.15) is 0 Å². The van der Waals surface area contributed by atoms with Gasteiger partial charge in [-0.3, -0.25) is 4.79 Å². The second-order valence-corrected chi connectivity index (χ2v) is 4.94. The third-order valence-corrected chi connectivity index (χ3v) is 3.65. The molecule has 5 heteroatoms. The molecule has 0 radical (unpaired) electrons. The number of aromatic nitrogens is 2. The van der Waals surface area contributed by atoms with Crippen molar-refractivity contribution in [1.29, 1.82) is 0 Å². The van der Waals surface area contributed by atoms with E-state index in [1.165, 1.54) is 24.6 Å². The Hall–Kier alpha value is -0.970. The number of aromatic amines is 1. The van der Waals surface area contributed by atoms with E-state index in [0.29, 0.717) is 5.75 Å². The molecule has 4 nitrogen and oxygen atoms in total. The van der Waals surface area contributed by atoms with Crippen LogP contribution < -0.4 is 0 Å². The smallest absolute Gasteiger partial charge is 0.233 e. The lowest BCUT2D eigenvalue weighted by Gasteiger charge is -2.19. The Morgan fingerprint density at radius 2 is 2.12 bits per heavy atom. The number of amides is 1. The Labute approximate surface area is 99.8 Å². The van der Waals surface area contributed by atoms with Gasteiger partial charge in [-0.15, -0.1) is 0 Å². The van der Waals surface area contributed by atoms with Crippen molar-refractivity contribution in [2.45, 2.75) is 30.8 Å². The number of nitrogens with one attached hydrogen (secondary N) is 1. The van der Waals surface area contributed by atoms with Crippen molar-refractivity contribution in [3.63, 3.8) is 0 Å². The largest absolute Gasteiger partial charge is 0.342 e. The zero-order valence-corrected chi connectivity index (χ0v) is 10.1. The number of thioether (sulfide) groups is 1. The fourth-order valence-electron chi connectivity index (χ4n) is 1.87. The van der Waals surface area contributed by atoms with Crippen LogP contribution >= 0.6 is 11.8 Å². The lowest BCUT2D eigenvalue weighted by molar-refractivity contribution is -0.128. The van der Waals surface area contributed by atoms with E-state index in [-0.39, 0.29) is 5.91 Å². The van der Waals surface area contributed by atoms with Gasteiger partial charge < -0.3 is 9.88 Å². The number of hydrogen-bond acceptors (Lipinski definition) is 3. The average molecular weight is 239 g/mol. The molecule has 0 atom stereocenters. The minimum absolute atomic E-state index is 0.239. The molecule has 0 unspecified atom stereocenters. The number of imidazole rings is 1. The molecule has 88 valence electrons. The van der Waals surface area contributed by atoms with Crippen LogP contribution in [-0.2, 0) is 4.79 Å². The molecule has 0 saturated carbocycles. The molecule has 1 amide bonds. The summed E-state index contributed by atoms with van der Waals surface area (Å²) in [6.45, 7) is 1.86. The standard InChI is InChI=1S/C11H17N3OS/c15-10(9-16-11-12-5-6-13-11)14-7-3-1-2-4-8-14/h5-6H,1-4,7-9H2,(H,12,13). The Morgan fingerprint density at radius 3 is 2.75 bits per heavy atom. The summed E-state index contributed by atoms with van der Waals surface area (Å²) >= 11 is 1.48. The third-order valence-electron chi connectivity index (χ3n) is 2.76. The molecule has 0 aromatic carbocycles. The zero-order valence-electron chi connectivity index (χ0n) is 9.32. The Morgan fingerprint density at radius 1 is 1.38 bits per heavy atom. The molecule has 1 aliphatic heterocycles.